The van der Waals surface area contributed by atoms with E-state index >= 15 is 0 Å². The summed E-state index contributed by atoms with van der Waals surface area (Å²) in [5.74, 6) is 0. The Labute approximate surface area is 133 Å². The molecule has 2 N–H and O–H groups in total. The molecule has 1 aromatic heterocycles. The predicted octanol–water partition coefficient (Wildman–Crippen LogP) is 3.89. The first-order valence-electron chi connectivity index (χ1n) is 6.27. The van der Waals surface area contributed by atoms with Crippen molar-refractivity contribution in [2.45, 2.75) is 19.5 Å². The van der Waals surface area contributed by atoms with Gasteiger partial charge in [0.2, 0.25) is 0 Å². The second kappa shape index (κ2) is 6.87. The lowest BCUT2D eigenvalue weighted by molar-refractivity contribution is 0.243. The Kier molecular flexibility index (Phi) is 5.41. The molecule has 0 radical (unpaired) electrons. The molecule has 1 atom stereocenters. The quantitative estimate of drug-likeness (QED) is 0.904. The van der Waals surface area contributed by atoms with Gasteiger partial charge in [-0.15, -0.1) is 11.3 Å². The van der Waals surface area contributed by atoms with Gasteiger partial charge in [0.25, 0.3) is 0 Å². The molecule has 1 aromatic carbocycles. The van der Waals surface area contributed by atoms with Gasteiger partial charge in [0.1, 0.15) is 0 Å². The van der Waals surface area contributed by atoms with Crippen LogP contribution in [0.4, 0.5) is 0 Å². The summed E-state index contributed by atoms with van der Waals surface area (Å²) in [7, 11) is 2.04. The van der Waals surface area contributed by atoms with Crippen LogP contribution >= 0.6 is 34.5 Å². The van der Waals surface area contributed by atoms with Gasteiger partial charge in [-0.3, -0.25) is 4.90 Å². The largest absolute Gasteiger partial charge is 0.329 e. The molecule has 0 aliphatic heterocycles. The number of hydrogen-bond donors (Lipinski definition) is 1. The molecule has 0 aliphatic carbocycles. The van der Waals surface area contributed by atoms with Crippen LogP contribution in [0.1, 0.15) is 22.2 Å². The molecule has 0 saturated carbocycles. The van der Waals surface area contributed by atoms with E-state index in [9.17, 15) is 0 Å². The maximum absolute atomic E-state index is 6.30. The molecule has 20 heavy (non-hydrogen) atoms. The van der Waals surface area contributed by atoms with E-state index in [0.29, 0.717) is 16.6 Å². The topological polar surface area (TPSA) is 42.2 Å². The Balaban J connectivity index is 2.23. The summed E-state index contributed by atoms with van der Waals surface area (Å²) in [4.78, 5) is 7.69. The van der Waals surface area contributed by atoms with E-state index in [4.69, 9.17) is 28.9 Å². The van der Waals surface area contributed by atoms with Gasteiger partial charge in [-0.05, 0) is 25.6 Å². The van der Waals surface area contributed by atoms with Crippen LogP contribution in [0.3, 0.4) is 0 Å². The maximum Gasteiger partial charge on any atom is 0.0798 e. The molecule has 3 nitrogen and oxygen atoms in total. The van der Waals surface area contributed by atoms with Gasteiger partial charge in [0, 0.05) is 24.0 Å². The molecule has 0 bridgehead atoms. The summed E-state index contributed by atoms with van der Waals surface area (Å²) in [5, 5.41) is 1.14. The Morgan fingerprint density at radius 2 is 2.15 bits per heavy atom. The number of hydrogen-bond acceptors (Lipinski definition) is 4. The molecule has 2 aromatic rings. The molecular formula is C14H17Cl2N3S. The van der Waals surface area contributed by atoms with Gasteiger partial charge in [-0.25, -0.2) is 4.98 Å². The maximum atomic E-state index is 6.30. The fourth-order valence-corrected chi connectivity index (χ4v) is 3.41. The predicted molar refractivity (Wildman–Crippen MR) is 86.6 cm³/mol. The fraction of sp³-hybridized carbons (Fsp3) is 0.357. The lowest BCUT2D eigenvalue weighted by Crippen LogP contribution is -2.30. The van der Waals surface area contributed by atoms with Crippen molar-refractivity contribution < 1.29 is 0 Å². The highest BCUT2D eigenvalue weighted by Gasteiger charge is 2.20. The van der Waals surface area contributed by atoms with Crippen molar-refractivity contribution in [3.63, 3.8) is 0 Å². The second-order valence-electron chi connectivity index (χ2n) is 4.67. The minimum atomic E-state index is 0.0303. The molecule has 0 saturated heterocycles. The van der Waals surface area contributed by atoms with Crippen LogP contribution in [-0.2, 0) is 6.54 Å². The van der Waals surface area contributed by atoms with Crippen molar-refractivity contribution in [2.24, 2.45) is 5.73 Å². The summed E-state index contributed by atoms with van der Waals surface area (Å²) in [6, 6.07) is 5.69. The molecule has 1 heterocycles. The van der Waals surface area contributed by atoms with Crippen molar-refractivity contribution in [3.8, 4) is 0 Å². The Hall–Kier alpha value is -0.650. The molecule has 6 heteroatoms. The number of benzene rings is 1. The molecular weight excluding hydrogens is 313 g/mol. The number of halogens is 2. The Bertz CT molecular complexity index is 586. The van der Waals surface area contributed by atoms with Crippen LogP contribution in [-0.4, -0.2) is 23.5 Å². The van der Waals surface area contributed by atoms with Gasteiger partial charge in [-0.1, -0.05) is 35.3 Å². The first kappa shape index (κ1) is 15.7. The zero-order valence-electron chi connectivity index (χ0n) is 11.4. The average molecular weight is 330 g/mol. The highest BCUT2D eigenvalue weighted by atomic mass is 35.5. The molecule has 108 valence electrons. The fourth-order valence-electron chi connectivity index (χ4n) is 2.14. The van der Waals surface area contributed by atoms with Gasteiger partial charge in [-0.2, -0.15) is 0 Å². The van der Waals surface area contributed by atoms with Gasteiger partial charge < -0.3 is 5.73 Å². The number of rotatable bonds is 5. The summed E-state index contributed by atoms with van der Waals surface area (Å²) in [5.41, 5.74) is 9.83. The number of nitrogens with two attached hydrogens (primary N) is 1. The van der Waals surface area contributed by atoms with E-state index in [1.165, 1.54) is 4.88 Å². The first-order chi connectivity index (χ1) is 9.54. The van der Waals surface area contributed by atoms with Gasteiger partial charge >= 0.3 is 0 Å². The smallest absolute Gasteiger partial charge is 0.0798 e. The van der Waals surface area contributed by atoms with Gasteiger partial charge in [0.05, 0.1) is 21.2 Å². The highest BCUT2D eigenvalue weighted by Crippen LogP contribution is 2.32. The average Bonchev–Trinajstić information content (AvgIpc) is 2.81. The minimum absolute atomic E-state index is 0.0303. The van der Waals surface area contributed by atoms with Crippen LogP contribution in [0.25, 0.3) is 0 Å². The molecule has 0 fully saturated rings. The summed E-state index contributed by atoms with van der Waals surface area (Å²) in [6.45, 7) is 3.29. The van der Waals surface area contributed by atoms with Crippen molar-refractivity contribution in [1.82, 2.24) is 9.88 Å². The number of likely N-dealkylation sites (N-methyl/N-ethyl adjacent to an activating group) is 1. The molecule has 0 amide bonds. The van der Waals surface area contributed by atoms with Crippen LogP contribution in [0.5, 0.6) is 0 Å². The SMILES string of the molecule is Cc1ncsc1CN(C)C(CN)c1cccc(Cl)c1Cl. The van der Waals surface area contributed by atoms with E-state index in [1.54, 1.807) is 17.4 Å². The first-order valence-corrected chi connectivity index (χ1v) is 7.91. The Morgan fingerprint density at radius 3 is 2.75 bits per heavy atom. The lowest BCUT2D eigenvalue weighted by Gasteiger charge is -2.28. The van der Waals surface area contributed by atoms with E-state index in [-0.39, 0.29) is 6.04 Å². The van der Waals surface area contributed by atoms with Crippen LogP contribution in [0.2, 0.25) is 10.0 Å². The summed E-state index contributed by atoms with van der Waals surface area (Å²) >= 11 is 14.0. The zero-order chi connectivity index (χ0) is 14.7. The second-order valence-corrected chi connectivity index (χ2v) is 6.40. The molecule has 2 rings (SSSR count). The van der Waals surface area contributed by atoms with Crippen molar-refractivity contribution >= 4 is 34.5 Å². The third kappa shape index (κ3) is 3.32. The van der Waals surface area contributed by atoms with E-state index in [2.05, 4.69) is 9.88 Å². The van der Waals surface area contributed by atoms with Crippen LogP contribution in [0.15, 0.2) is 23.7 Å². The summed E-state index contributed by atoms with van der Waals surface area (Å²) < 4.78 is 0. The van der Waals surface area contributed by atoms with Crippen LogP contribution < -0.4 is 5.73 Å². The third-order valence-electron chi connectivity index (χ3n) is 3.33. The zero-order valence-corrected chi connectivity index (χ0v) is 13.8. The van der Waals surface area contributed by atoms with E-state index < -0.39 is 0 Å². The van der Waals surface area contributed by atoms with Gasteiger partial charge in [0.15, 0.2) is 0 Å². The van der Waals surface area contributed by atoms with Crippen molar-refractivity contribution in [3.05, 3.63) is 49.9 Å². The lowest BCUT2D eigenvalue weighted by atomic mass is 10.1. The van der Waals surface area contributed by atoms with E-state index in [0.717, 1.165) is 17.8 Å². The normalized spacial score (nSPS) is 12.9. The molecule has 0 aliphatic rings. The van der Waals surface area contributed by atoms with Crippen molar-refractivity contribution in [1.29, 1.82) is 0 Å². The van der Waals surface area contributed by atoms with E-state index in [1.807, 2.05) is 31.6 Å². The number of thiazole rings is 1. The third-order valence-corrected chi connectivity index (χ3v) is 5.09. The highest BCUT2D eigenvalue weighted by molar-refractivity contribution is 7.09. The standard InChI is InChI=1S/C14H17Cl2N3S/c1-9-13(20-8-18-9)7-19(2)12(6-17)10-4-3-5-11(15)14(10)16/h3-5,8,12H,6-7,17H2,1-2H3. The number of aryl methyl sites for hydroxylation is 1. The molecule has 0 spiro atoms. The number of nitrogens with zero attached hydrogens (tertiary/aromatic N) is 2. The molecule has 1 unspecified atom stereocenters. The monoisotopic (exact) mass is 329 g/mol. The number of aromatic nitrogens is 1. The summed E-state index contributed by atoms with van der Waals surface area (Å²) in [6.07, 6.45) is 0. The Morgan fingerprint density at radius 1 is 1.40 bits per heavy atom. The van der Waals surface area contributed by atoms with Crippen LogP contribution in [0, 0.1) is 6.92 Å². The minimum Gasteiger partial charge on any atom is -0.329 e. The van der Waals surface area contributed by atoms with Crippen molar-refractivity contribution in [2.75, 3.05) is 13.6 Å².